The molecule has 0 aliphatic heterocycles. The molecular weight excluding hydrogens is 357 g/mol. The molecule has 0 bridgehead atoms. The smallest absolute Gasteiger partial charge is 0.290 e. The molecule has 6 heteroatoms. The molecular formula is C20H19ClFNO3. The van der Waals surface area contributed by atoms with Crippen LogP contribution in [0.2, 0.25) is 5.02 Å². The summed E-state index contributed by atoms with van der Waals surface area (Å²) in [6.07, 6.45) is 0. The first-order chi connectivity index (χ1) is 12.4. The van der Waals surface area contributed by atoms with Gasteiger partial charge in [0.2, 0.25) is 0 Å². The van der Waals surface area contributed by atoms with Crippen LogP contribution < -0.4 is 4.74 Å². The summed E-state index contributed by atoms with van der Waals surface area (Å²) in [5.74, 6) is 0.0651. The van der Waals surface area contributed by atoms with E-state index in [0.29, 0.717) is 17.9 Å². The molecule has 0 spiro atoms. The number of amides is 1. The Morgan fingerprint density at radius 1 is 1.27 bits per heavy atom. The van der Waals surface area contributed by atoms with Gasteiger partial charge in [0, 0.05) is 18.0 Å². The van der Waals surface area contributed by atoms with Crippen molar-refractivity contribution in [2.75, 3.05) is 7.11 Å². The minimum Gasteiger partial charge on any atom is -0.493 e. The van der Waals surface area contributed by atoms with Crippen LogP contribution in [0.5, 0.6) is 5.75 Å². The molecule has 0 radical (unpaired) electrons. The highest BCUT2D eigenvalue weighted by atomic mass is 35.5. The van der Waals surface area contributed by atoms with Crippen LogP contribution in [0.1, 0.15) is 30.0 Å². The van der Waals surface area contributed by atoms with Gasteiger partial charge in [-0.3, -0.25) is 4.79 Å². The standard InChI is InChI=1S/C20H19ClFNO3/c1-12(2)23(11-13-7-8-16(22)15(21)9-13)20(24)18-10-14-5-4-6-17(25-3)19(14)26-18/h4-10,12H,11H2,1-3H3. The van der Waals surface area contributed by atoms with E-state index in [9.17, 15) is 9.18 Å². The summed E-state index contributed by atoms with van der Waals surface area (Å²) in [5.41, 5.74) is 1.28. The van der Waals surface area contributed by atoms with E-state index in [2.05, 4.69) is 0 Å². The molecule has 3 rings (SSSR count). The third-order valence-corrected chi connectivity index (χ3v) is 4.45. The number of hydrogen-bond donors (Lipinski definition) is 0. The monoisotopic (exact) mass is 375 g/mol. The van der Waals surface area contributed by atoms with Gasteiger partial charge in [0.25, 0.3) is 5.91 Å². The predicted octanol–water partition coefficient (Wildman–Crippen LogP) is 5.28. The van der Waals surface area contributed by atoms with Crippen molar-refractivity contribution in [3.63, 3.8) is 0 Å². The number of furan rings is 1. The number of rotatable bonds is 5. The van der Waals surface area contributed by atoms with E-state index >= 15 is 0 Å². The molecule has 3 aromatic rings. The maximum absolute atomic E-state index is 13.4. The Kier molecular flexibility index (Phi) is 5.18. The minimum absolute atomic E-state index is 0.0344. The normalized spacial score (nSPS) is 11.2. The summed E-state index contributed by atoms with van der Waals surface area (Å²) in [7, 11) is 1.55. The van der Waals surface area contributed by atoms with Gasteiger partial charge < -0.3 is 14.1 Å². The Balaban J connectivity index is 1.92. The van der Waals surface area contributed by atoms with Crippen molar-refractivity contribution in [1.82, 2.24) is 4.90 Å². The van der Waals surface area contributed by atoms with E-state index in [1.54, 1.807) is 30.2 Å². The fraction of sp³-hybridized carbons (Fsp3) is 0.250. The molecule has 0 N–H and O–H groups in total. The molecule has 1 aromatic heterocycles. The topological polar surface area (TPSA) is 42.7 Å². The number of carbonyl (C=O) groups excluding carboxylic acids is 1. The Labute approximate surface area is 156 Å². The Hall–Kier alpha value is -2.53. The predicted molar refractivity (Wildman–Crippen MR) is 99.2 cm³/mol. The van der Waals surface area contributed by atoms with Gasteiger partial charge in [-0.25, -0.2) is 4.39 Å². The first kappa shape index (κ1) is 18.3. The van der Waals surface area contributed by atoms with Gasteiger partial charge in [-0.1, -0.05) is 29.8 Å². The lowest BCUT2D eigenvalue weighted by molar-refractivity contribution is 0.0660. The highest BCUT2D eigenvalue weighted by Gasteiger charge is 2.23. The zero-order valence-corrected chi connectivity index (χ0v) is 15.5. The number of ether oxygens (including phenoxy) is 1. The highest BCUT2D eigenvalue weighted by molar-refractivity contribution is 6.30. The SMILES string of the molecule is COc1cccc2cc(C(=O)N(Cc3ccc(F)c(Cl)c3)C(C)C)oc12. The number of halogens is 2. The van der Waals surface area contributed by atoms with Crippen molar-refractivity contribution in [3.8, 4) is 5.75 Å². The second-order valence-corrected chi connectivity index (χ2v) is 6.67. The largest absolute Gasteiger partial charge is 0.493 e. The lowest BCUT2D eigenvalue weighted by Gasteiger charge is -2.26. The molecule has 0 aliphatic carbocycles. The molecule has 0 atom stereocenters. The van der Waals surface area contributed by atoms with E-state index in [1.165, 1.54) is 12.1 Å². The molecule has 2 aromatic carbocycles. The molecule has 4 nitrogen and oxygen atoms in total. The van der Waals surface area contributed by atoms with E-state index < -0.39 is 5.82 Å². The van der Waals surface area contributed by atoms with Crippen molar-refractivity contribution in [1.29, 1.82) is 0 Å². The van der Waals surface area contributed by atoms with Crippen molar-refractivity contribution in [2.45, 2.75) is 26.4 Å². The van der Waals surface area contributed by atoms with Crippen molar-refractivity contribution >= 4 is 28.5 Å². The van der Waals surface area contributed by atoms with E-state index in [4.69, 9.17) is 20.8 Å². The third kappa shape index (κ3) is 3.53. The fourth-order valence-corrected chi connectivity index (χ4v) is 2.97. The number of para-hydroxylation sites is 1. The van der Waals surface area contributed by atoms with E-state index in [0.717, 1.165) is 10.9 Å². The number of carbonyl (C=O) groups is 1. The summed E-state index contributed by atoms with van der Waals surface area (Å²) in [4.78, 5) is 14.6. The zero-order valence-electron chi connectivity index (χ0n) is 14.8. The number of hydrogen-bond acceptors (Lipinski definition) is 3. The third-order valence-electron chi connectivity index (χ3n) is 4.16. The van der Waals surface area contributed by atoms with Gasteiger partial charge in [-0.2, -0.15) is 0 Å². The van der Waals surface area contributed by atoms with Gasteiger partial charge in [0.15, 0.2) is 17.1 Å². The molecule has 0 saturated carbocycles. The van der Waals surface area contributed by atoms with Crippen molar-refractivity contribution in [3.05, 3.63) is 64.6 Å². The lowest BCUT2D eigenvalue weighted by atomic mass is 10.1. The zero-order chi connectivity index (χ0) is 18.8. The maximum atomic E-state index is 13.4. The quantitative estimate of drug-likeness (QED) is 0.609. The van der Waals surface area contributed by atoms with Gasteiger partial charge in [0.1, 0.15) is 5.82 Å². The van der Waals surface area contributed by atoms with Gasteiger partial charge >= 0.3 is 0 Å². The Bertz CT molecular complexity index is 951. The second kappa shape index (κ2) is 7.38. The number of nitrogens with zero attached hydrogens (tertiary/aromatic N) is 1. The number of fused-ring (bicyclic) bond motifs is 1. The summed E-state index contributed by atoms with van der Waals surface area (Å²) < 4.78 is 24.4. The molecule has 1 heterocycles. The Morgan fingerprint density at radius 2 is 2.04 bits per heavy atom. The molecule has 1 amide bonds. The Morgan fingerprint density at radius 3 is 2.69 bits per heavy atom. The van der Waals surface area contributed by atoms with Gasteiger partial charge in [-0.05, 0) is 43.7 Å². The van der Waals surface area contributed by atoms with Crippen LogP contribution in [-0.2, 0) is 6.54 Å². The van der Waals surface area contributed by atoms with Crippen LogP contribution in [0.25, 0.3) is 11.0 Å². The molecule has 26 heavy (non-hydrogen) atoms. The van der Waals surface area contributed by atoms with Gasteiger partial charge in [0.05, 0.1) is 12.1 Å². The second-order valence-electron chi connectivity index (χ2n) is 6.26. The molecule has 0 fully saturated rings. The summed E-state index contributed by atoms with van der Waals surface area (Å²) in [5, 5.41) is 0.827. The molecule has 0 saturated heterocycles. The van der Waals surface area contributed by atoms with E-state index in [-0.39, 0.29) is 22.7 Å². The number of methoxy groups -OCH3 is 1. The van der Waals surface area contributed by atoms with Crippen LogP contribution >= 0.6 is 11.6 Å². The first-order valence-corrected chi connectivity index (χ1v) is 8.60. The van der Waals surface area contributed by atoms with Crippen LogP contribution in [0, 0.1) is 5.82 Å². The van der Waals surface area contributed by atoms with Crippen molar-refractivity contribution < 1.29 is 18.3 Å². The summed E-state index contributed by atoms with van der Waals surface area (Å²) >= 11 is 5.85. The minimum atomic E-state index is -0.484. The molecule has 0 unspecified atom stereocenters. The summed E-state index contributed by atoms with van der Waals surface area (Å²) in [6.45, 7) is 4.11. The van der Waals surface area contributed by atoms with Crippen LogP contribution in [-0.4, -0.2) is 24.0 Å². The lowest BCUT2D eigenvalue weighted by Crippen LogP contribution is -2.36. The number of benzene rings is 2. The van der Waals surface area contributed by atoms with E-state index in [1.807, 2.05) is 26.0 Å². The summed E-state index contributed by atoms with van der Waals surface area (Å²) in [6, 6.07) is 11.5. The molecule has 136 valence electrons. The average molecular weight is 376 g/mol. The average Bonchev–Trinajstić information content (AvgIpc) is 3.06. The van der Waals surface area contributed by atoms with Crippen LogP contribution in [0.15, 0.2) is 46.9 Å². The van der Waals surface area contributed by atoms with Crippen LogP contribution in [0.4, 0.5) is 4.39 Å². The van der Waals surface area contributed by atoms with Crippen molar-refractivity contribution in [2.24, 2.45) is 0 Å². The molecule has 0 aliphatic rings. The first-order valence-electron chi connectivity index (χ1n) is 8.22. The van der Waals surface area contributed by atoms with Gasteiger partial charge in [-0.15, -0.1) is 0 Å². The maximum Gasteiger partial charge on any atom is 0.290 e. The fourth-order valence-electron chi connectivity index (χ4n) is 2.77. The highest BCUT2D eigenvalue weighted by Crippen LogP contribution is 2.29. The van der Waals surface area contributed by atoms with Crippen LogP contribution in [0.3, 0.4) is 0 Å².